The zero-order valence-electron chi connectivity index (χ0n) is 17.2. The number of ether oxygens (including phenoxy) is 1. The molecule has 0 radical (unpaired) electrons. The summed E-state index contributed by atoms with van der Waals surface area (Å²) in [4.78, 5) is 19.7. The summed E-state index contributed by atoms with van der Waals surface area (Å²) in [7, 11) is 1.64. The average Bonchev–Trinajstić information content (AvgIpc) is 3.36. The van der Waals surface area contributed by atoms with Crippen molar-refractivity contribution in [2.75, 3.05) is 18.6 Å². The summed E-state index contributed by atoms with van der Waals surface area (Å²) in [6.45, 7) is 1.34. The number of aromatic nitrogens is 2. The molecule has 156 valence electrons. The zero-order valence-corrected chi connectivity index (χ0v) is 18.7. The van der Waals surface area contributed by atoms with Gasteiger partial charge in [-0.25, -0.2) is 4.98 Å². The van der Waals surface area contributed by atoms with Gasteiger partial charge in [0.15, 0.2) is 0 Å². The van der Waals surface area contributed by atoms with Crippen molar-refractivity contribution in [3.05, 3.63) is 88.7 Å². The number of anilines is 1. The maximum absolute atomic E-state index is 12.9. The molecule has 1 amide bonds. The molecular formula is C25H22BrN3O2. The lowest BCUT2D eigenvalue weighted by molar-refractivity contribution is -0.117. The highest BCUT2D eigenvalue weighted by Gasteiger charge is 2.34. The summed E-state index contributed by atoms with van der Waals surface area (Å²) in [6, 6.07) is 24.2. The predicted octanol–water partition coefficient (Wildman–Crippen LogP) is 5.38. The van der Waals surface area contributed by atoms with Crippen molar-refractivity contribution in [3.8, 4) is 5.75 Å². The first-order valence-corrected chi connectivity index (χ1v) is 11.1. The van der Waals surface area contributed by atoms with Gasteiger partial charge in [0.05, 0.1) is 18.1 Å². The Morgan fingerprint density at radius 2 is 1.77 bits per heavy atom. The first-order chi connectivity index (χ1) is 15.1. The standard InChI is InChI=1S/C25H22BrN3O2/c1-31-21-12-10-20(11-13-21)28-16-18(14-24(28)30)25-27-22-4-2-3-5-23(22)29(25)15-17-6-8-19(26)9-7-17/h2-13,18H,14-16H2,1H3/t18-/m0/s1. The van der Waals surface area contributed by atoms with Crippen molar-refractivity contribution in [2.45, 2.75) is 18.9 Å². The van der Waals surface area contributed by atoms with Crippen LogP contribution >= 0.6 is 15.9 Å². The van der Waals surface area contributed by atoms with Crippen molar-refractivity contribution in [2.24, 2.45) is 0 Å². The van der Waals surface area contributed by atoms with Crippen molar-refractivity contribution in [3.63, 3.8) is 0 Å². The van der Waals surface area contributed by atoms with Crippen LogP contribution in [0, 0.1) is 0 Å². The van der Waals surface area contributed by atoms with E-state index in [-0.39, 0.29) is 11.8 Å². The molecule has 6 heteroatoms. The zero-order chi connectivity index (χ0) is 21.4. The van der Waals surface area contributed by atoms with Gasteiger partial charge in [0.25, 0.3) is 0 Å². The molecule has 0 bridgehead atoms. The first-order valence-electron chi connectivity index (χ1n) is 10.3. The molecular weight excluding hydrogens is 454 g/mol. The fraction of sp³-hybridized carbons (Fsp3) is 0.200. The van der Waals surface area contributed by atoms with E-state index in [0.717, 1.165) is 39.3 Å². The second-order valence-electron chi connectivity index (χ2n) is 7.77. The molecule has 1 fully saturated rings. The number of methoxy groups -OCH3 is 1. The molecule has 0 spiro atoms. The Hall–Kier alpha value is -3.12. The van der Waals surface area contributed by atoms with Crippen LogP contribution in [0.15, 0.2) is 77.3 Å². The number of carbonyl (C=O) groups is 1. The highest BCUT2D eigenvalue weighted by atomic mass is 79.9. The first kappa shape index (κ1) is 19.8. The monoisotopic (exact) mass is 475 g/mol. The molecule has 1 saturated heterocycles. The van der Waals surface area contributed by atoms with E-state index in [0.29, 0.717) is 13.0 Å². The molecule has 5 nitrogen and oxygen atoms in total. The fourth-order valence-electron chi connectivity index (χ4n) is 4.24. The number of para-hydroxylation sites is 2. The molecule has 1 aromatic heterocycles. The summed E-state index contributed by atoms with van der Waals surface area (Å²) >= 11 is 3.51. The van der Waals surface area contributed by atoms with Gasteiger partial charge in [0.1, 0.15) is 11.6 Å². The molecule has 2 heterocycles. The normalized spacial score (nSPS) is 16.3. The molecule has 3 aromatic carbocycles. The van der Waals surface area contributed by atoms with E-state index in [4.69, 9.17) is 9.72 Å². The van der Waals surface area contributed by atoms with Crippen molar-refractivity contribution < 1.29 is 9.53 Å². The fourth-order valence-corrected chi connectivity index (χ4v) is 4.50. The quantitative estimate of drug-likeness (QED) is 0.389. The topological polar surface area (TPSA) is 47.4 Å². The molecule has 5 rings (SSSR count). The van der Waals surface area contributed by atoms with Crippen LogP contribution in [0.3, 0.4) is 0 Å². The van der Waals surface area contributed by atoms with E-state index >= 15 is 0 Å². The van der Waals surface area contributed by atoms with Gasteiger partial charge in [-0.2, -0.15) is 0 Å². The Morgan fingerprint density at radius 1 is 1.03 bits per heavy atom. The number of fused-ring (bicyclic) bond motifs is 1. The summed E-state index contributed by atoms with van der Waals surface area (Å²) in [5, 5.41) is 0. The van der Waals surface area contributed by atoms with E-state index in [1.165, 1.54) is 5.56 Å². The van der Waals surface area contributed by atoms with Gasteiger partial charge in [0, 0.05) is 35.6 Å². The maximum atomic E-state index is 12.9. The Labute approximate surface area is 189 Å². The highest BCUT2D eigenvalue weighted by molar-refractivity contribution is 9.10. The number of imidazole rings is 1. The number of benzene rings is 3. The number of hydrogen-bond donors (Lipinski definition) is 0. The molecule has 0 N–H and O–H groups in total. The second-order valence-corrected chi connectivity index (χ2v) is 8.69. The van der Waals surface area contributed by atoms with Crippen molar-refractivity contribution in [1.82, 2.24) is 9.55 Å². The number of halogens is 1. The Morgan fingerprint density at radius 3 is 2.52 bits per heavy atom. The minimum Gasteiger partial charge on any atom is -0.497 e. The average molecular weight is 476 g/mol. The Balaban J connectivity index is 1.49. The number of nitrogens with zero attached hydrogens (tertiary/aromatic N) is 3. The highest BCUT2D eigenvalue weighted by Crippen LogP contribution is 2.34. The van der Waals surface area contributed by atoms with Crippen LogP contribution in [0.1, 0.15) is 23.7 Å². The van der Waals surface area contributed by atoms with Gasteiger partial charge in [-0.15, -0.1) is 0 Å². The number of hydrogen-bond acceptors (Lipinski definition) is 3. The van der Waals surface area contributed by atoms with Crippen LogP contribution in [-0.4, -0.2) is 29.1 Å². The SMILES string of the molecule is COc1ccc(N2C[C@@H](c3nc4ccccc4n3Cc3ccc(Br)cc3)CC2=O)cc1. The van der Waals surface area contributed by atoms with E-state index < -0.39 is 0 Å². The summed E-state index contributed by atoms with van der Waals surface area (Å²) in [5.74, 6) is 1.91. The van der Waals surface area contributed by atoms with Crippen LogP contribution in [-0.2, 0) is 11.3 Å². The third-order valence-electron chi connectivity index (χ3n) is 5.81. The Kier molecular flexibility index (Phi) is 5.24. The van der Waals surface area contributed by atoms with Crippen LogP contribution in [0.25, 0.3) is 11.0 Å². The van der Waals surface area contributed by atoms with Crippen molar-refractivity contribution >= 4 is 38.6 Å². The van der Waals surface area contributed by atoms with Gasteiger partial charge < -0.3 is 14.2 Å². The van der Waals surface area contributed by atoms with Gasteiger partial charge in [-0.1, -0.05) is 40.2 Å². The van der Waals surface area contributed by atoms with E-state index in [1.54, 1.807) is 7.11 Å². The molecule has 1 aliphatic rings. The maximum Gasteiger partial charge on any atom is 0.227 e. The molecule has 1 aliphatic heterocycles. The van der Waals surface area contributed by atoms with Crippen LogP contribution in [0.2, 0.25) is 0 Å². The van der Waals surface area contributed by atoms with E-state index in [9.17, 15) is 4.79 Å². The van der Waals surface area contributed by atoms with Gasteiger partial charge in [0.2, 0.25) is 5.91 Å². The molecule has 0 aliphatic carbocycles. The second kappa shape index (κ2) is 8.19. The van der Waals surface area contributed by atoms with Gasteiger partial charge >= 0.3 is 0 Å². The summed E-state index contributed by atoms with van der Waals surface area (Å²) in [6.07, 6.45) is 0.454. The lowest BCUT2D eigenvalue weighted by Gasteiger charge is -2.18. The molecule has 0 saturated carbocycles. The van der Waals surface area contributed by atoms with Crippen molar-refractivity contribution in [1.29, 1.82) is 0 Å². The van der Waals surface area contributed by atoms with E-state index in [2.05, 4.69) is 50.8 Å². The Bertz CT molecular complexity index is 1230. The summed E-state index contributed by atoms with van der Waals surface area (Å²) in [5.41, 5.74) is 4.15. The number of carbonyl (C=O) groups excluding carboxylic acids is 1. The summed E-state index contributed by atoms with van der Waals surface area (Å²) < 4.78 is 8.56. The predicted molar refractivity (Wildman–Crippen MR) is 126 cm³/mol. The third-order valence-corrected chi connectivity index (χ3v) is 6.34. The third kappa shape index (κ3) is 3.83. The molecule has 4 aromatic rings. The smallest absolute Gasteiger partial charge is 0.227 e. The largest absolute Gasteiger partial charge is 0.497 e. The lowest BCUT2D eigenvalue weighted by atomic mass is 10.1. The number of rotatable bonds is 5. The van der Waals surface area contributed by atoms with Gasteiger partial charge in [-0.3, -0.25) is 4.79 Å². The number of amides is 1. The van der Waals surface area contributed by atoms with Crippen LogP contribution in [0.4, 0.5) is 5.69 Å². The molecule has 31 heavy (non-hydrogen) atoms. The minimum atomic E-state index is 0.0393. The van der Waals surface area contributed by atoms with Crippen LogP contribution < -0.4 is 9.64 Å². The lowest BCUT2D eigenvalue weighted by Crippen LogP contribution is -2.24. The van der Waals surface area contributed by atoms with Crippen LogP contribution in [0.5, 0.6) is 5.75 Å². The van der Waals surface area contributed by atoms with E-state index in [1.807, 2.05) is 47.4 Å². The minimum absolute atomic E-state index is 0.0393. The van der Waals surface area contributed by atoms with Gasteiger partial charge in [-0.05, 0) is 54.1 Å². The molecule has 0 unspecified atom stereocenters. The molecule has 1 atom stereocenters.